The average Bonchev–Trinajstić information content (AvgIpc) is 2.86. The third kappa shape index (κ3) is 2.63. The maximum atomic E-state index is 11.2. The molecule has 0 aliphatic heterocycles. The van der Waals surface area contributed by atoms with Crippen LogP contribution in [0.5, 0.6) is 0 Å². The van der Waals surface area contributed by atoms with Gasteiger partial charge in [0.25, 0.3) is 0 Å². The van der Waals surface area contributed by atoms with E-state index >= 15 is 0 Å². The molecule has 0 fully saturated rings. The summed E-state index contributed by atoms with van der Waals surface area (Å²) in [6, 6.07) is 6.74. The van der Waals surface area contributed by atoms with Crippen molar-refractivity contribution in [2.24, 2.45) is 0 Å². The molecule has 0 aromatic carbocycles. The van der Waals surface area contributed by atoms with Gasteiger partial charge in [-0.25, -0.2) is 4.79 Å². The first-order chi connectivity index (χ1) is 7.34. The summed E-state index contributed by atoms with van der Waals surface area (Å²) in [6.45, 7) is 0.0968. The maximum absolute atomic E-state index is 11.2. The van der Waals surface area contributed by atoms with E-state index in [0.29, 0.717) is 11.6 Å². The summed E-state index contributed by atoms with van der Waals surface area (Å²) >= 11 is 0. The summed E-state index contributed by atoms with van der Waals surface area (Å²) < 4.78 is 14.8. The molecular weight excluding hydrogens is 198 g/mol. The second-order valence-electron chi connectivity index (χ2n) is 2.76. The molecule has 2 heterocycles. The summed E-state index contributed by atoms with van der Waals surface area (Å²) in [6.07, 6.45) is 2.40. The Balaban J connectivity index is 1.78. The van der Waals surface area contributed by atoms with E-state index in [2.05, 4.69) is 5.32 Å². The molecule has 5 nitrogen and oxygen atoms in total. The Labute approximate surface area is 85.6 Å². The molecule has 5 heteroatoms. The van der Waals surface area contributed by atoms with Crippen LogP contribution in [-0.4, -0.2) is 6.09 Å². The van der Waals surface area contributed by atoms with Gasteiger partial charge < -0.3 is 13.6 Å². The smallest absolute Gasteiger partial charge is 0.414 e. The number of carbonyl (C=O) groups is 1. The minimum atomic E-state index is -0.582. The third-order valence-corrected chi connectivity index (χ3v) is 1.67. The molecule has 1 amide bonds. The fraction of sp³-hybridized carbons (Fsp3) is 0.100. The van der Waals surface area contributed by atoms with Gasteiger partial charge in [-0.2, -0.15) is 0 Å². The first-order valence-electron chi connectivity index (χ1n) is 4.34. The molecule has 0 radical (unpaired) electrons. The van der Waals surface area contributed by atoms with Crippen molar-refractivity contribution in [1.82, 2.24) is 0 Å². The zero-order chi connectivity index (χ0) is 10.5. The van der Waals surface area contributed by atoms with Crippen LogP contribution in [0.2, 0.25) is 0 Å². The second-order valence-corrected chi connectivity index (χ2v) is 2.76. The number of anilines is 1. The van der Waals surface area contributed by atoms with Gasteiger partial charge in [0.05, 0.1) is 12.5 Å². The van der Waals surface area contributed by atoms with Crippen molar-refractivity contribution >= 4 is 12.0 Å². The van der Waals surface area contributed by atoms with Crippen LogP contribution in [-0.2, 0) is 11.3 Å². The highest BCUT2D eigenvalue weighted by Gasteiger charge is 2.05. The van der Waals surface area contributed by atoms with Gasteiger partial charge in [0.2, 0.25) is 5.88 Å². The van der Waals surface area contributed by atoms with Crippen LogP contribution < -0.4 is 5.32 Å². The monoisotopic (exact) mass is 207 g/mol. The van der Waals surface area contributed by atoms with E-state index in [1.807, 2.05) is 0 Å². The van der Waals surface area contributed by atoms with Gasteiger partial charge in [0, 0.05) is 6.07 Å². The van der Waals surface area contributed by atoms with Crippen LogP contribution in [0.1, 0.15) is 5.76 Å². The SMILES string of the molecule is O=C(Nc1ccco1)OCc1ccco1. The van der Waals surface area contributed by atoms with Gasteiger partial charge in [-0.05, 0) is 18.2 Å². The van der Waals surface area contributed by atoms with Crippen molar-refractivity contribution in [3.05, 3.63) is 42.6 Å². The summed E-state index contributed by atoms with van der Waals surface area (Å²) in [5.41, 5.74) is 0. The van der Waals surface area contributed by atoms with Crippen molar-refractivity contribution in [3.63, 3.8) is 0 Å². The number of hydrogen-bond donors (Lipinski definition) is 1. The molecule has 0 atom stereocenters. The van der Waals surface area contributed by atoms with Crippen molar-refractivity contribution in [2.45, 2.75) is 6.61 Å². The molecule has 0 aliphatic carbocycles. The van der Waals surface area contributed by atoms with Gasteiger partial charge >= 0.3 is 6.09 Å². The molecule has 2 aromatic heterocycles. The van der Waals surface area contributed by atoms with Crippen molar-refractivity contribution in [3.8, 4) is 0 Å². The zero-order valence-electron chi connectivity index (χ0n) is 7.80. The van der Waals surface area contributed by atoms with E-state index in [4.69, 9.17) is 13.6 Å². The van der Waals surface area contributed by atoms with Gasteiger partial charge in [-0.3, -0.25) is 5.32 Å². The average molecular weight is 207 g/mol. The maximum Gasteiger partial charge on any atom is 0.414 e. The Morgan fingerprint density at radius 3 is 2.73 bits per heavy atom. The van der Waals surface area contributed by atoms with Gasteiger partial charge in [0.15, 0.2) is 6.61 Å². The highest BCUT2D eigenvalue weighted by atomic mass is 16.6. The van der Waals surface area contributed by atoms with Crippen LogP contribution in [0.25, 0.3) is 0 Å². The van der Waals surface area contributed by atoms with Crippen LogP contribution in [0.3, 0.4) is 0 Å². The molecule has 78 valence electrons. The molecule has 0 saturated carbocycles. The zero-order valence-corrected chi connectivity index (χ0v) is 7.80. The van der Waals surface area contributed by atoms with Gasteiger partial charge in [-0.15, -0.1) is 0 Å². The lowest BCUT2D eigenvalue weighted by Gasteiger charge is -2.02. The Kier molecular flexibility index (Phi) is 2.73. The first kappa shape index (κ1) is 9.39. The summed E-state index contributed by atoms with van der Waals surface area (Å²) in [5, 5.41) is 2.41. The predicted molar refractivity (Wildman–Crippen MR) is 51.2 cm³/mol. The van der Waals surface area contributed by atoms with Crippen LogP contribution in [0.4, 0.5) is 10.7 Å². The number of amides is 1. The van der Waals surface area contributed by atoms with Crippen molar-refractivity contribution < 1.29 is 18.4 Å². The first-order valence-corrected chi connectivity index (χ1v) is 4.34. The molecular formula is C10H9NO4. The molecule has 0 aliphatic rings. The quantitative estimate of drug-likeness (QED) is 0.840. The number of ether oxygens (including phenoxy) is 1. The fourth-order valence-electron chi connectivity index (χ4n) is 1.02. The normalized spacial score (nSPS) is 9.87. The highest BCUT2D eigenvalue weighted by molar-refractivity contribution is 5.82. The van der Waals surface area contributed by atoms with E-state index in [1.165, 1.54) is 12.5 Å². The van der Waals surface area contributed by atoms with E-state index in [1.54, 1.807) is 24.3 Å². The summed E-state index contributed by atoms with van der Waals surface area (Å²) in [7, 11) is 0. The molecule has 0 saturated heterocycles. The van der Waals surface area contributed by atoms with Crippen LogP contribution >= 0.6 is 0 Å². The molecule has 1 N–H and O–H groups in total. The van der Waals surface area contributed by atoms with E-state index in [9.17, 15) is 4.79 Å². The van der Waals surface area contributed by atoms with E-state index in [-0.39, 0.29) is 6.61 Å². The van der Waals surface area contributed by atoms with Crippen molar-refractivity contribution in [1.29, 1.82) is 0 Å². The van der Waals surface area contributed by atoms with Crippen molar-refractivity contribution in [2.75, 3.05) is 5.32 Å². The number of furan rings is 2. The summed E-state index contributed by atoms with van der Waals surface area (Å²) in [4.78, 5) is 11.2. The lowest BCUT2D eigenvalue weighted by Crippen LogP contribution is -2.12. The molecule has 2 aromatic rings. The summed E-state index contributed by atoms with van der Waals surface area (Å²) in [5.74, 6) is 0.934. The molecule has 0 unspecified atom stereocenters. The molecule has 0 spiro atoms. The topological polar surface area (TPSA) is 64.6 Å². The Morgan fingerprint density at radius 2 is 2.07 bits per heavy atom. The van der Waals surface area contributed by atoms with Gasteiger partial charge in [-0.1, -0.05) is 0 Å². The Morgan fingerprint density at radius 1 is 1.27 bits per heavy atom. The lowest BCUT2D eigenvalue weighted by atomic mass is 10.5. The number of rotatable bonds is 3. The second kappa shape index (κ2) is 4.36. The van der Waals surface area contributed by atoms with E-state index < -0.39 is 6.09 Å². The van der Waals surface area contributed by atoms with Crippen LogP contribution in [0.15, 0.2) is 45.6 Å². The number of nitrogens with one attached hydrogen (secondary N) is 1. The Bertz CT molecular complexity index is 405. The standard InChI is InChI=1S/C10H9NO4/c12-10(11-9-4-2-6-14-9)15-7-8-3-1-5-13-8/h1-6H,7H2,(H,11,12). The third-order valence-electron chi connectivity index (χ3n) is 1.67. The molecule has 0 bridgehead atoms. The fourth-order valence-corrected chi connectivity index (χ4v) is 1.02. The number of hydrogen-bond acceptors (Lipinski definition) is 4. The van der Waals surface area contributed by atoms with Gasteiger partial charge in [0.1, 0.15) is 5.76 Å². The lowest BCUT2D eigenvalue weighted by molar-refractivity contribution is 0.145. The van der Waals surface area contributed by atoms with Crippen LogP contribution in [0, 0.1) is 0 Å². The highest BCUT2D eigenvalue weighted by Crippen LogP contribution is 2.08. The van der Waals surface area contributed by atoms with E-state index in [0.717, 1.165) is 0 Å². The minimum Gasteiger partial charge on any atom is -0.466 e. The predicted octanol–water partition coefficient (Wildman–Crippen LogP) is 2.62. The molecule has 15 heavy (non-hydrogen) atoms. The minimum absolute atomic E-state index is 0.0968. The number of carbonyl (C=O) groups excluding carboxylic acids is 1. The Hall–Kier alpha value is -2.17. The molecule has 2 rings (SSSR count). The largest absolute Gasteiger partial charge is 0.466 e.